The predicted octanol–water partition coefficient (Wildman–Crippen LogP) is 1.79. The molecule has 0 aliphatic carbocycles. The summed E-state index contributed by atoms with van der Waals surface area (Å²) in [4.78, 5) is 19.2. The van der Waals surface area contributed by atoms with E-state index in [0.717, 1.165) is 15.8 Å². The molecule has 0 radical (unpaired) electrons. The summed E-state index contributed by atoms with van der Waals surface area (Å²) in [6.07, 6.45) is -0.816. The van der Waals surface area contributed by atoms with E-state index >= 15 is 0 Å². The summed E-state index contributed by atoms with van der Waals surface area (Å²) in [5, 5.41) is 10.4. The monoisotopic (exact) mass is 263 g/mol. The van der Waals surface area contributed by atoms with Gasteiger partial charge in [0.05, 0.1) is 16.8 Å². The van der Waals surface area contributed by atoms with E-state index < -0.39 is 6.23 Å². The molecule has 1 saturated heterocycles. The zero-order chi connectivity index (χ0) is 12.9. The minimum absolute atomic E-state index is 0.210. The summed E-state index contributed by atoms with van der Waals surface area (Å²) in [6, 6.07) is 5.77. The Morgan fingerprint density at radius 3 is 2.94 bits per heavy atom. The van der Waals surface area contributed by atoms with E-state index in [4.69, 9.17) is 0 Å². The molecule has 0 saturated carbocycles. The fraction of sp³-hybridized carbons (Fsp3) is 0.333. The van der Waals surface area contributed by atoms with E-state index in [1.165, 1.54) is 21.1 Å². The molecule has 18 heavy (non-hydrogen) atoms. The van der Waals surface area contributed by atoms with Crippen LogP contribution in [0.15, 0.2) is 18.2 Å². The van der Waals surface area contributed by atoms with E-state index in [2.05, 4.69) is 4.98 Å². The lowest BCUT2D eigenvalue weighted by atomic mass is 10.2. The molecule has 0 spiro atoms. The Balaban J connectivity index is 2.07. The molecule has 1 aliphatic heterocycles. The van der Waals surface area contributed by atoms with Gasteiger partial charge in [0, 0.05) is 7.05 Å². The summed E-state index contributed by atoms with van der Waals surface area (Å²) >= 11 is 1.42. The van der Waals surface area contributed by atoms with Gasteiger partial charge in [-0.1, -0.05) is 17.4 Å². The highest BCUT2D eigenvalue weighted by Gasteiger charge is 2.36. The fourth-order valence-electron chi connectivity index (χ4n) is 2.05. The number of urea groups is 1. The zero-order valence-electron chi connectivity index (χ0n) is 10.1. The first-order valence-corrected chi connectivity index (χ1v) is 6.47. The van der Waals surface area contributed by atoms with Gasteiger partial charge in [-0.3, -0.25) is 0 Å². The number of fused-ring (bicyclic) bond motifs is 1. The first-order chi connectivity index (χ1) is 8.56. The summed E-state index contributed by atoms with van der Waals surface area (Å²) in [7, 11) is 1.67. The molecule has 1 aromatic carbocycles. The molecule has 1 aromatic heterocycles. The van der Waals surface area contributed by atoms with Gasteiger partial charge < -0.3 is 10.0 Å². The van der Waals surface area contributed by atoms with Crippen molar-refractivity contribution in [2.75, 3.05) is 18.5 Å². The first-order valence-electron chi connectivity index (χ1n) is 5.66. The molecule has 94 valence electrons. The van der Waals surface area contributed by atoms with Crippen LogP contribution in [0.3, 0.4) is 0 Å². The molecule has 2 amide bonds. The SMILES string of the molecule is Cc1ccc2sc(N3C(=O)N(C)CC3O)nc2c1. The number of rotatable bonds is 1. The van der Waals surface area contributed by atoms with E-state index in [-0.39, 0.29) is 6.03 Å². The van der Waals surface area contributed by atoms with Crippen LogP contribution in [0.1, 0.15) is 5.56 Å². The average Bonchev–Trinajstić information content (AvgIpc) is 2.80. The quantitative estimate of drug-likeness (QED) is 0.853. The number of aliphatic hydroxyl groups is 1. The molecule has 3 rings (SSSR count). The first kappa shape index (κ1) is 11.4. The maximum Gasteiger partial charge on any atom is 0.328 e. The molecular formula is C12H13N3O2S. The van der Waals surface area contributed by atoms with Crippen molar-refractivity contribution in [1.29, 1.82) is 0 Å². The van der Waals surface area contributed by atoms with Crippen molar-refractivity contribution in [3.8, 4) is 0 Å². The van der Waals surface area contributed by atoms with Crippen molar-refractivity contribution in [1.82, 2.24) is 9.88 Å². The Bertz CT molecular complexity index is 625. The van der Waals surface area contributed by atoms with Crippen molar-refractivity contribution < 1.29 is 9.90 Å². The van der Waals surface area contributed by atoms with Gasteiger partial charge in [0.25, 0.3) is 0 Å². The summed E-state index contributed by atoms with van der Waals surface area (Å²) in [5.74, 6) is 0. The number of nitrogens with zero attached hydrogens (tertiary/aromatic N) is 3. The Morgan fingerprint density at radius 2 is 2.28 bits per heavy atom. The number of benzene rings is 1. The summed E-state index contributed by atoms with van der Waals surface area (Å²) < 4.78 is 1.02. The van der Waals surface area contributed by atoms with Crippen LogP contribution in [0.2, 0.25) is 0 Å². The average molecular weight is 263 g/mol. The van der Waals surface area contributed by atoms with E-state index in [9.17, 15) is 9.90 Å². The number of aliphatic hydroxyl groups excluding tert-OH is 1. The van der Waals surface area contributed by atoms with Crippen LogP contribution in [0.25, 0.3) is 10.2 Å². The molecule has 5 nitrogen and oxygen atoms in total. The molecule has 2 aromatic rings. The van der Waals surface area contributed by atoms with Crippen molar-refractivity contribution in [3.05, 3.63) is 23.8 Å². The van der Waals surface area contributed by atoms with Gasteiger partial charge in [-0.05, 0) is 24.6 Å². The largest absolute Gasteiger partial charge is 0.371 e. The lowest BCUT2D eigenvalue weighted by Gasteiger charge is -2.14. The van der Waals surface area contributed by atoms with Gasteiger partial charge in [0.15, 0.2) is 11.4 Å². The molecule has 1 N–H and O–H groups in total. The Morgan fingerprint density at radius 1 is 1.50 bits per heavy atom. The Hall–Kier alpha value is -1.66. The number of carbonyl (C=O) groups excluding carboxylic acids is 1. The number of carbonyl (C=O) groups is 1. The van der Waals surface area contributed by atoms with Crippen LogP contribution < -0.4 is 4.90 Å². The standard InChI is InChI=1S/C12H13N3O2S/c1-7-3-4-9-8(5-7)13-11(18-9)15-10(16)6-14(2)12(15)17/h3-5,10,16H,6H2,1-2H3. The van der Waals surface area contributed by atoms with Gasteiger partial charge >= 0.3 is 6.03 Å². The number of β-amino-alcohol motifs (C(OH)–C–C–N with tert-alkyl or cyclic N) is 1. The van der Waals surface area contributed by atoms with Crippen molar-refractivity contribution >= 4 is 32.7 Å². The molecule has 1 unspecified atom stereocenters. The minimum atomic E-state index is -0.816. The highest BCUT2D eigenvalue weighted by molar-refractivity contribution is 7.22. The molecule has 1 aliphatic rings. The topological polar surface area (TPSA) is 56.7 Å². The van der Waals surface area contributed by atoms with E-state index in [1.807, 2.05) is 25.1 Å². The summed E-state index contributed by atoms with van der Waals surface area (Å²) in [5.41, 5.74) is 1.99. The molecule has 1 fully saturated rings. The second-order valence-corrected chi connectivity index (χ2v) is 5.49. The van der Waals surface area contributed by atoms with Crippen molar-refractivity contribution in [3.63, 3.8) is 0 Å². The lowest BCUT2D eigenvalue weighted by molar-refractivity contribution is 0.183. The molecule has 0 bridgehead atoms. The number of amides is 2. The normalized spacial score (nSPS) is 20.2. The molecule has 1 atom stereocenters. The van der Waals surface area contributed by atoms with Crippen LogP contribution in [0, 0.1) is 6.92 Å². The number of hydrogen-bond acceptors (Lipinski definition) is 4. The third-order valence-corrected chi connectivity index (χ3v) is 4.04. The second-order valence-electron chi connectivity index (χ2n) is 4.48. The van der Waals surface area contributed by atoms with Crippen molar-refractivity contribution in [2.45, 2.75) is 13.2 Å². The highest BCUT2D eigenvalue weighted by atomic mass is 32.1. The summed E-state index contributed by atoms with van der Waals surface area (Å²) in [6.45, 7) is 2.32. The number of aromatic nitrogens is 1. The minimum Gasteiger partial charge on any atom is -0.371 e. The maximum absolute atomic E-state index is 11.9. The van der Waals surface area contributed by atoms with Crippen LogP contribution in [-0.2, 0) is 0 Å². The van der Waals surface area contributed by atoms with E-state index in [0.29, 0.717) is 11.7 Å². The number of anilines is 1. The van der Waals surface area contributed by atoms with Crippen LogP contribution >= 0.6 is 11.3 Å². The number of aryl methyl sites for hydroxylation is 1. The van der Waals surface area contributed by atoms with Crippen LogP contribution in [0.4, 0.5) is 9.93 Å². The van der Waals surface area contributed by atoms with Gasteiger partial charge in [-0.15, -0.1) is 0 Å². The lowest BCUT2D eigenvalue weighted by Crippen LogP contribution is -2.34. The van der Waals surface area contributed by atoms with Crippen molar-refractivity contribution in [2.24, 2.45) is 0 Å². The third kappa shape index (κ3) is 1.65. The Labute approximate surface area is 108 Å². The molecule has 2 heterocycles. The maximum atomic E-state index is 11.9. The van der Waals surface area contributed by atoms with Gasteiger partial charge in [-0.2, -0.15) is 0 Å². The highest BCUT2D eigenvalue weighted by Crippen LogP contribution is 2.32. The number of hydrogen-bond donors (Lipinski definition) is 1. The smallest absolute Gasteiger partial charge is 0.328 e. The molecular weight excluding hydrogens is 250 g/mol. The van der Waals surface area contributed by atoms with Gasteiger partial charge in [0.1, 0.15) is 0 Å². The molecule has 6 heteroatoms. The number of thiazole rings is 1. The number of likely N-dealkylation sites (N-methyl/N-ethyl adjacent to an activating group) is 1. The predicted molar refractivity (Wildman–Crippen MR) is 70.9 cm³/mol. The third-order valence-electron chi connectivity index (χ3n) is 3.01. The Kier molecular flexibility index (Phi) is 2.49. The van der Waals surface area contributed by atoms with Crippen LogP contribution in [-0.4, -0.2) is 40.8 Å². The fourth-order valence-corrected chi connectivity index (χ4v) is 3.04. The van der Waals surface area contributed by atoms with Gasteiger partial charge in [0.2, 0.25) is 0 Å². The van der Waals surface area contributed by atoms with Gasteiger partial charge in [-0.25, -0.2) is 14.7 Å². The zero-order valence-corrected chi connectivity index (χ0v) is 10.9. The van der Waals surface area contributed by atoms with E-state index in [1.54, 1.807) is 7.05 Å². The van der Waals surface area contributed by atoms with Crippen LogP contribution in [0.5, 0.6) is 0 Å². The second kappa shape index (κ2) is 3.93.